The minimum Gasteiger partial charge on any atom is -0.294 e. The van der Waals surface area contributed by atoms with E-state index in [-0.39, 0.29) is 0 Å². The van der Waals surface area contributed by atoms with Gasteiger partial charge in [-0.25, -0.2) is 0 Å². The summed E-state index contributed by atoms with van der Waals surface area (Å²) in [5, 5.41) is 0. The van der Waals surface area contributed by atoms with E-state index in [1.165, 1.54) is 51.4 Å². The Kier molecular flexibility index (Phi) is 10.5. The number of rotatable bonds is 5. The minimum atomic E-state index is 0.952. The van der Waals surface area contributed by atoms with Crippen LogP contribution in [0.1, 0.15) is 205 Å². The molecule has 50 heavy (non-hydrogen) atoms. The molecule has 2 saturated heterocycles. The van der Waals surface area contributed by atoms with Crippen LogP contribution in [0.5, 0.6) is 0 Å². The molecule has 2 heteroatoms. The van der Waals surface area contributed by atoms with Gasteiger partial charge in [0.15, 0.2) is 0 Å². The van der Waals surface area contributed by atoms with Crippen molar-refractivity contribution < 1.29 is 0 Å². The lowest BCUT2D eigenvalue weighted by molar-refractivity contribution is 0.0202. The maximum Gasteiger partial charge on any atom is 0.0133 e. The highest BCUT2D eigenvalue weighted by Gasteiger charge is 2.57. The van der Waals surface area contributed by atoms with E-state index >= 15 is 0 Å². The van der Waals surface area contributed by atoms with Crippen LogP contribution in [-0.4, -0.2) is 46.1 Å². The second kappa shape index (κ2) is 15.2. The summed E-state index contributed by atoms with van der Waals surface area (Å²) in [6.45, 7) is 0. The Labute approximate surface area is 309 Å². The van der Waals surface area contributed by atoms with Crippen molar-refractivity contribution in [3.05, 3.63) is 0 Å². The van der Waals surface area contributed by atoms with Crippen LogP contribution in [0.2, 0.25) is 0 Å². The van der Waals surface area contributed by atoms with Gasteiger partial charge < -0.3 is 0 Å². The van der Waals surface area contributed by atoms with Crippen LogP contribution in [0.3, 0.4) is 0 Å². The molecule has 0 aromatic carbocycles. The highest BCUT2D eigenvalue weighted by Crippen LogP contribution is 2.58. The van der Waals surface area contributed by atoms with Crippen LogP contribution in [0.25, 0.3) is 0 Å². The van der Waals surface area contributed by atoms with Gasteiger partial charge in [-0.05, 0) is 175 Å². The largest absolute Gasteiger partial charge is 0.294 e. The molecule has 10 aliphatic rings. The summed E-state index contributed by atoms with van der Waals surface area (Å²) in [5.74, 6) is 10.8. The fourth-order valence-corrected chi connectivity index (χ4v) is 17.5. The molecular formula is C48H80N2. The molecule has 10 atom stereocenters. The summed E-state index contributed by atoms with van der Waals surface area (Å²) in [4.78, 5) is 6.65. The van der Waals surface area contributed by atoms with E-state index in [2.05, 4.69) is 9.80 Å². The van der Waals surface area contributed by atoms with E-state index in [0.29, 0.717) is 0 Å². The molecule has 282 valence electrons. The standard InChI is InChI=1S/C48H80N2/c1-3-11-33(12-4-1)35-19-25-39(26-20-35)49-45-17-9-7-15-41(45)43-31-37(23-29-47(43)49)38-24-30-48-44(32-38)42-16-8-10-18-46(42)50(48)40-27-21-36(22-28-40)34-13-5-2-6-14-34/h33-48H,1-32H2. The first-order valence-electron chi connectivity index (χ1n) is 24.3. The van der Waals surface area contributed by atoms with Crippen molar-refractivity contribution in [1.82, 2.24) is 9.80 Å². The Balaban J connectivity index is 0.789. The summed E-state index contributed by atoms with van der Waals surface area (Å²) in [6, 6.07) is 5.80. The Bertz CT molecular complexity index is 1000. The van der Waals surface area contributed by atoms with Gasteiger partial charge in [-0.15, -0.1) is 0 Å². The highest BCUT2D eigenvalue weighted by atomic mass is 15.3. The van der Waals surface area contributed by atoms with Crippen molar-refractivity contribution in [2.24, 2.45) is 59.2 Å². The average Bonchev–Trinajstić information content (AvgIpc) is 3.71. The molecule has 8 saturated carbocycles. The molecule has 0 aromatic rings. The van der Waals surface area contributed by atoms with Gasteiger partial charge in [0.05, 0.1) is 0 Å². The number of likely N-dealkylation sites (tertiary alicyclic amines) is 2. The molecular weight excluding hydrogens is 605 g/mol. The topological polar surface area (TPSA) is 6.48 Å². The van der Waals surface area contributed by atoms with E-state index in [1.54, 1.807) is 154 Å². The maximum absolute atomic E-state index is 3.32. The molecule has 0 radical (unpaired) electrons. The van der Waals surface area contributed by atoms with Crippen molar-refractivity contribution in [3.63, 3.8) is 0 Å². The number of hydrogen-bond donors (Lipinski definition) is 0. The smallest absolute Gasteiger partial charge is 0.0133 e. The summed E-state index contributed by atoms with van der Waals surface area (Å²) in [5.41, 5.74) is 0. The van der Waals surface area contributed by atoms with E-state index < -0.39 is 0 Å². The number of fused-ring (bicyclic) bond motifs is 6. The first-order valence-corrected chi connectivity index (χ1v) is 24.3. The van der Waals surface area contributed by atoms with Gasteiger partial charge in [0, 0.05) is 36.3 Å². The van der Waals surface area contributed by atoms with Crippen LogP contribution in [0, 0.1) is 59.2 Å². The third-order valence-electron chi connectivity index (χ3n) is 19.6. The molecule has 0 bridgehead atoms. The average molecular weight is 685 g/mol. The second-order valence-corrected chi connectivity index (χ2v) is 21.5. The van der Waals surface area contributed by atoms with Gasteiger partial charge >= 0.3 is 0 Å². The quantitative estimate of drug-likeness (QED) is 0.284. The minimum absolute atomic E-state index is 0.952. The zero-order chi connectivity index (χ0) is 33.0. The van der Waals surface area contributed by atoms with Crippen LogP contribution in [0.4, 0.5) is 0 Å². The lowest BCUT2D eigenvalue weighted by Crippen LogP contribution is -2.49. The summed E-state index contributed by atoms with van der Waals surface area (Å²) in [7, 11) is 0. The predicted molar refractivity (Wildman–Crippen MR) is 209 cm³/mol. The molecule has 0 spiro atoms. The third-order valence-corrected chi connectivity index (χ3v) is 19.6. The summed E-state index contributed by atoms with van der Waals surface area (Å²) in [6.07, 6.45) is 50.1. The predicted octanol–water partition coefficient (Wildman–Crippen LogP) is 12.6. The van der Waals surface area contributed by atoms with Crippen LogP contribution in [0.15, 0.2) is 0 Å². The normalized spacial score (nSPS) is 49.9. The zero-order valence-corrected chi connectivity index (χ0v) is 32.8. The molecule has 2 nitrogen and oxygen atoms in total. The van der Waals surface area contributed by atoms with Gasteiger partial charge in [0.1, 0.15) is 0 Å². The molecule has 8 aliphatic carbocycles. The molecule has 2 aliphatic heterocycles. The maximum atomic E-state index is 3.32. The fourth-order valence-electron chi connectivity index (χ4n) is 17.5. The fraction of sp³-hybridized carbons (Fsp3) is 1.00. The van der Waals surface area contributed by atoms with Crippen LogP contribution in [-0.2, 0) is 0 Å². The molecule has 2 heterocycles. The molecule has 0 aromatic heterocycles. The molecule has 0 amide bonds. The lowest BCUT2D eigenvalue weighted by atomic mass is 9.62. The van der Waals surface area contributed by atoms with Crippen molar-refractivity contribution in [1.29, 1.82) is 0 Å². The second-order valence-electron chi connectivity index (χ2n) is 21.5. The highest BCUT2D eigenvalue weighted by molar-refractivity contribution is 5.10. The Morgan fingerprint density at radius 3 is 0.960 bits per heavy atom. The summed E-state index contributed by atoms with van der Waals surface area (Å²) >= 11 is 0. The van der Waals surface area contributed by atoms with Crippen LogP contribution < -0.4 is 0 Å². The van der Waals surface area contributed by atoms with Crippen molar-refractivity contribution in [2.75, 3.05) is 0 Å². The number of nitrogens with zero attached hydrogens (tertiary/aromatic N) is 2. The first kappa shape index (κ1) is 34.4. The Hall–Kier alpha value is -0.0800. The van der Waals surface area contributed by atoms with Gasteiger partial charge in [-0.2, -0.15) is 0 Å². The number of hydrogen-bond acceptors (Lipinski definition) is 2. The van der Waals surface area contributed by atoms with Gasteiger partial charge in [-0.1, -0.05) is 89.9 Å². The molecule has 10 fully saturated rings. The van der Waals surface area contributed by atoms with E-state index in [9.17, 15) is 0 Å². The van der Waals surface area contributed by atoms with Gasteiger partial charge in [0.2, 0.25) is 0 Å². The van der Waals surface area contributed by atoms with E-state index in [1.807, 2.05) is 0 Å². The zero-order valence-electron chi connectivity index (χ0n) is 32.8. The van der Waals surface area contributed by atoms with Crippen molar-refractivity contribution in [3.8, 4) is 0 Å². The van der Waals surface area contributed by atoms with Crippen molar-refractivity contribution in [2.45, 2.75) is 242 Å². The van der Waals surface area contributed by atoms with Gasteiger partial charge in [0.25, 0.3) is 0 Å². The first-order chi connectivity index (χ1) is 24.8. The lowest BCUT2D eigenvalue weighted by Gasteiger charge is -2.47. The third kappa shape index (κ3) is 6.45. The monoisotopic (exact) mass is 685 g/mol. The SMILES string of the molecule is C1CCC(C2CCC(N3C4CCCCC4C4CC(C5CCC6C(C5)C5CCCCC5N6C5CCC(C6CCCCC6)CC5)CCC43)CC2)CC1. The van der Waals surface area contributed by atoms with E-state index in [4.69, 9.17) is 0 Å². The van der Waals surface area contributed by atoms with Gasteiger partial charge in [-0.3, -0.25) is 9.80 Å². The molecule has 10 rings (SSSR count). The molecule has 10 unspecified atom stereocenters. The van der Waals surface area contributed by atoms with E-state index in [0.717, 1.165) is 95.4 Å². The van der Waals surface area contributed by atoms with Crippen molar-refractivity contribution >= 4 is 0 Å². The summed E-state index contributed by atoms with van der Waals surface area (Å²) < 4.78 is 0. The Morgan fingerprint density at radius 1 is 0.220 bits per heavy atom. The Morgan fingerprint density at radius 2 is 0.540 bits per heavy atom. The molecule has 0 N–H and O–H groups in total. The van der Waals surface area contributed by atoms with Crippen LogP contribution >= 0.6 is 0 Å².